The molecule has 0 spiro atoms. The van der Waals surface area contributed by atoms with E-state index in [4.69, 9.17) is 0 Å². The fraction of sp³-hybridized carbons (Fsp3) is 0.333. The molecular weight excluding hydrogens is 295 g/mol. The van der Waals surface area contributed by atoms with Crippen LogP contribution in [0.25, 0.3) is 6.08 Å². The summed E-state index contributed by atoms with van der Waals surface area (Å²) < 4.78 is 13.5. The van der Waals surface area contributed by atoms with E-state index in [2.05, 4.69) is 9.97 Å². The zero-order valence-corrected chi connectivity index (χ0v) is 12.8. The highest BCUT2D eigenvalue weighted by Crippen LogP contribution is 2.44. The van der Waals surface area contributed by atoms with Gasteiger partial charge in [0.15, 0.2) is 0 Å². The lowest BCUT2D eigenvalue weighted by molar-refractivity contribution is 0.569. The van der Waals surface area contributed by atoms with Crippen molar-refractivity contribution in [2.75, 3.05) is 0 Å². The monoisotopic (exact) mass is 312 g/mol. The number of hydrogen-bond donors (Lipinski definition) is 1. The van der Waals surface area contributed by atoms with Gasteiger partial charge in [0.1, 0.15) is 17.5 Å². The van der Waals surface area contributed by atoms with Crippen molar-refractivity contribution in [3.05, 3.63) is 63.1 Å². The lowest BCUT2D eigenvalue weighted by atomic mass is 9.89. The zero-order valence-electron chi connectivity index (χ0n) is 12.8. The topological polar surface area (TPSA) is 62.8 Å². The summed E-state index contributed by atoms with van der Waals surface area (Å²) in [5, 5.41) is 0. The highest BCUT2D eigenvalue weighted by molar-refractivity contribution is 5.73. The van der Waals surface area contributed by atoms with E-state index in [0.29, 0.717) is 29.4 Å². The third-order valence-corrected chi connectivity index (χ3v) is 4.28. The minimum absolute atomic E-state index is 0.0649. The number of halogens is 1. The highest BCUT2D eigenvalue weighted by atomic mass is 19.1. The Balaban J connectivity index is 1.96. The van der Waals surface area contributed by atoms with Gasteiger partial charge in [-0.25, -0.2) is 14.2 Å². The Hall–Kier alpha value is -2.52. The Bertz CT molecular complexity index is 833. The Morgan fingerprint density at radius 1 is 1.48 bits per heavy atom. The van der Waals surface area contributed by atoms with Crippen molar-refractivity contribution in [3.63, 3.8) is 0 Å². The van der Waals surface area contributed by atoms with E-state index in [1.165, 1.54) is 18.2 Å². The van der Waals surface area contributed by atoms with Gasteiger partial charge >= 0.3 is 0 Å². The maximum atomic E-state index is 13.5. The van der Waals surface area contributed by atoms with Gasteiger partial charge in [0.25, 0.3) is 5.56 Å². The quantitative estimate of drug-likeness (QED) is 0.864. The van der Waals surface area contributed by atoms with Gasteiger partial charge in [-0.3, -0.25) is 4.79 Å². The van der Waals surface area contributed by atoms with Crippen molar-refractivity contribution in [2.45, 2.75) is 32.1 Å². The number of hydrogen-bond acceptors (Lipinski definition) is 3. The summed E-state index contributed by atoms with van der Waals surface area (Å²) in [6, 6.07) is 6.52. The molecule has 0 saturated heterocycles. The average Bonchev–Trinajstić information content (AvgIpc) is 3.33. The van der Waals surface area contributed by atoms with Crippen LogP contribution >= 0.6 is 0 Å². The first kappa shape index (κ1) is 15.4. The molecule has 0 bridgehead atoms. The van der Waals surface area contributed by atoms with Crippen LogP contribution < -0.4 is 5.56 Å². The van der Waals surface area contributed by atoms with Crippen LogP contribution in [-0.2, 0) is 11.2 Å². The van der Waals surface area contributed by atoms with Crippen LogP contribution in [0.5, 0.6) is 0 Å². The maximum Gasteiger partial charge on any atom is 0.269 e. The van der Waals surface area contributed by atoms with Crippen LogP contribution in [0.2, 0.25) is 0 Å². The van der Waals surface area contributed by atoms with E-state index >= 15 is 0 Å². The van der Waals surface area contributed by atoms with Gasteiger partial charge in [0, 0.05) is 18.2 Å². The first-order valence-corrected chi connectivity index (χ1v) is 7.64. The predicted octanol–water partition coefficient (Wildman–Crippen LogP) is 2.80. The second kappa shape index (κ2) is 6.31. The second-order valence-corrected chi connectivity index (χ2v) is 5.99. The van der Waals surface area contributed by atoms with E-state index in [-0.39, 0.29) is 17.3 Å². The van der Waals surface area contributed by atoms with E-state index in [9.17, 15) is 14.0 Å². The number of aromatic nitrogens is 2. The van der Waals surface area contributed by atoms with Crippen molar-refractivity contribution in [3.8, 4) is 0 Å². The molecule has 1 heterocycles. The van der Waals surface area contributed by atoms with Gasteiger partial charge in [-0.2, -0.15) is 0 Å². The normalized spacial score (nSPS) is 15.0. The summed E-state index contributed by atoms with van der Waals surface area (Å²) in [6.07, 6.45) is 3.80. The molecule has 1 N–H and O–H groups in total. The molecule has 1 unspecified atom stereocenters. The molecule has 3 rings (SSSR count). The number of aromatic amines is 1. The van der Waals surface area contributed by atoms with Crippen LogP contribution in [0.4, 0.5) is 4.39 Å². The summed E-state index contributed by atoms with van der Waals surface area (Å²) in [5.74, 6) is 1.93. The van der Waals surface area contributed by atoms with Crippen molar-refractivity contribution >= 4 is 12.0 Å². The molecule has 4 nitrogen and oxygen atoms in total. The Kier molecular flexibility index (Phi) is 4.22. The number of rotatable bonds is 5. The molecule has 1 aromatic carbocycles. The van der Waals surface area contributed by atoms with Gasteiger partial charge < -0.3 is 4.98 Å². The molecule has 0 aliphatic heterocycles. The molecule has 0 amide bonds. The first-order valence-electron chi connectivity index (χ1n) is 7.64. The fourth-order valence-corrected chi connectivity index (χ4v) is 2.92. The summed E-state index contributed by atoms with van der Waals surface area (Å²) in [5.41, 5.74) is 1.96. The van der Waals surface area contributed by atoms with Gasteiger partial charge in [-0.1, -0.05) is 12.1 Å². The van der Waals surface area contributed by atoms with E-state index in [1.54, 1.807) is 18.9 Å². The maximum absolute atomic E-state index is 13.5. The molecule has 23 heavy (non-hydrogen) atoms. The smallest absolute Gasteiger partial charge is 0.269 e. The van der Waals surface area contributed by atoms with Crippen LogP contribution in [-0.4, -0.2) is 15.9 Å². The lowest BCUT2D eigenvalue weighted by Gasteiger charge is -2.16. The summed E-state index contributed by atoms with van der Waals surface area (Å²) >= 11 is 0. The predicted molar refractivity (Wildman–Crippen MR) is 85.3 cm³/mol. The molecule has 1 aromatic heterocycles. The van der Waals surface area contributed by atoms with Gasteiger partial charge in [0.2, 0.25) is 0 Å². The van der Waals surface area contributed by atoms with E-state index in [1.807, 2.05) is 6.07 Å². The molecule has 5 heteroatoms. The van der Waals surface area contributed by atoms with Crippen LogP contribution in [0.15, 0.2) is 29.1 Å². The second-order valence-electron chi connectivity index (χ2n) is 5.99. The lowest BCUT2D eigenvalue weighted by Crippen LogP contribution is -2.21. The number of nitrogens with zero attached hydrogens (tertiary/aromatic N) is 1. The first-order chi connectivity index (χ1) is 11.1. The Morgan fingerprint density at radius 2 is 2.26 bits per heavy atom. The summed E-state index contributed by atoms with van der Waals surface area (Å²) in [7, 11) is 0. The van der Waals surface area contributed by atoms with Crippen LogP contribution in [0.1, 0.15) is 41.4 Å². The minimum atomic E-state index is -0.275. The molecule has 118 valence electrons. The number of nitrogens with one attached hydrogen (secondary N) is 1. The van der Waals surface area contributed by atoms with Crippen LogP contribution in [0.3, 0.4) is 0 Å². The summed E-state index contributed by atoms with van der Waals surface area (Å²) in [6.45, 7) is 1.69. The van der Waals surface area contributed by atoms with Crippen molar-refractivity contribution in [1.29, 1.82) is 0 Å². The molecule has 1 atom stereocenters. The molecule has 0 radical (unpaired) electrons. The molecule has 1 aliphatic rings. The van der Waals surface area contributed by atoms with Gasteiger partial charge in [-0.05, 0) is 49.3 Å². The van der Waals surface area contributed by atoms with E-state index in [0.717, 1.165) is 18.4 Å². The van der Waals surface area contributed by atoms with Gasteiger partial charge in [0.05, 0.1) is 5.69 Å². The van der Waals surface area contributed by atoms with Crippen molar-refractivity contribution in [2.24, 2.45) is 5.92 Å². The van der Waals surface area contributed by atoms with E-state index < -0.39 is 0 Å². The minimum Gasteiger partial charge on any atom is -0.323 e. The number of carbonyl (C=O) groups excluding carboxylic acids is 1. The Labute approximate surface area is 133 Å². The van der Waals surface area contributed by atoms with Crippen molar-refractivity contribution < 1.29 is 9.18 Å². The standard InChI is InChI=1S/C18H17FN2O2/c1-11-16(7-8-22)21-17(18(23)20-11)10-15(12-5-6-12)13-3-2-4-14(19)9-13/h2-4,7,9,12,15H,5-6,10H2,1H3,(H,20,23). The largest absolute Gasteiger partial charge is 0.323 e. The number of aryl methyl sites for hydroxylation is 1. The highest BCUT2D eigenvalue weighted by Gasteiger charge is 2.33. The average molecular weight is 312 g/mol. The van der Waals surface area contributed by atoms with Crippen molar-refractivity contribution in [1.82, 2.24) is 9.97 Å². The zero-order chi connectivity index (χ0) is 16.4. The third-order valence-electron chi connectivity index (χ3n) is 4.28. The third kappa shape index (κ3) is 3.46. The molecule has 1 fully saturated rings. The molecular formula is C18H17FN2O2. The molecule has 1 saturated carbocycles. The Morgan fingerprint density at radius 3 is 2.91 bits per heavy atom. The summed E-state index contributed by atoms with van der Waals surface area (Å²) in [4.78, 5) is 29.8. The van der Waals surface area contributed by atoms with Crippen LogP contribution in [0, 0.1) is 18.7 Å². The number of benzene rings is 1. The molecule has 1 aliphatic carbocycles. The molecule has 2 aromatic rings. The fourth-order valence-electron chi connectivity index (χ4n) is 2.92. The van der Waals surface area contributed by atoms with Gasteiger partial charge in [-0.15, -0.1) is 0 Å². The SMILES string of the molecule is Cc1[nH]c(=O)c(CC(c2cccc(F)c2)C2CC2)nc1C=C=O. The number of H-pyrrole nitrogens is 1.